The number of anilines is 2. The van der Waals surface area contributed by atoms with Crippen molar-refractivity contribution < 1.29 is 9.53 Å². The molecule has 1 fully saturated rings. The predicted molar refractivity (Wildman–Crippen MR) is 87.9 cm³/mol. The van der Waals surface area contributed by atoms with E-state index in [1.807, 2.05) is 13.8 Å². The second kappa shape index (κ2) is 6.12. The molecule has 120 valence electrons. The summed E-state index contributed by atoms with van der Waals surface area (Å²) < 4.78 is 6.09. The lowest BCUT2D eigenvalue weighted by Gasteiger charge is -2.42. The molecule has 1 aromatic rings. The topological polar surface area (TPSA) is 67.4 Å². The van der Waals surface area contributed by atoms with Crippen LogP contribution in [0.4, 0.5) is 11.6 Å². The molecular formula is C15H21BrN4O2. The Kier molecular flexibility index (Phi) is 4.36. The molecule has 2 aliphatic heterocycles. The molecule has 0 unspecified atom stereocenters. The van der Waals surface area contributed by atoms with Crippen LogP contribution in [0.25, 0.3) is 0 Å². The first kappa shape index (κ1) is 15.7. The summed E-state index contributed by atoms with van der Waals surface area (Å²) in [6.07, 6.45) is 4.83. The van der Waals surface area contributed by atoms with Gasteiger partial charge in [0.15, 0.2) is 11.6 Å². The van der Waals surface area contributed by atoms with Gasteiger partial charge in [0, 0.05) is 19.8 Å². The number of aromatic nitrogens is 2. The lowest BCUT2D eigenvalue weighted by Crippen LogP contribution is -2.57. The number of ether oxygens (including phenoxy) is 1. The molecule has 1 saturated heterocycles. The summed E-state index contributed by atoms with van der Waals surface area (Å²) in [5.41, 5.74) is -0.631. The first-order valence-electron chi connectivity index (χ1n) is 7.68. The second-order valence-electron chi connectivity index (χ2n) is 6.37. The lowest BCUT2D eigenvalue weighted by molar-refractivity contribution is -0.120. The molecule has 1 aromatic heterocycles. The van der Waals surface area contributed by atoms with Gasteiger partial charge in [0.2, 0.25) is 0 Å². The van der Waals surface area contributed by atoms with Crippen molar-refractivity contribution in [3.8, 4) is 0 Å². The number of amides is 1. The molecule has 7 heteroatoms. The Morgan fingerprint density at radius 2 is 2.18 bits per heavy atom. The van der Waals surface area contributed by atoms with Gasteiger partial charge in [0.1, 0.15) is 10.1 Å². The van der Waals surface area contributed by atoms with Crippen molar-refractivity contribution in [2.75, 3.05) is 30.0 Å². The first-order chi connectivity index (χ1) is 10.5. The fourth-order valence-corrected chi connectivity index (χ4v) is 3.29. The third-order valence-corrected chi connectivity index (χ3v) is 4.93. The highest BCUT2D eigenvalue weighted by Crippen LogP contribution is 2.35. The van der Waals surface area contributed by atoms with Gasteiger partial charge in [-0.1, -0.05) is 0 Å². The third kappa shape index (κ3) is 2.96. The average molecular weight is 369 g/mol. The molecular weight excluding hydrogens is 348 g/mol. The number of halogens is 1. The van der Waals surface area contributed by atoms with Gasteiger partial charge in [-0.15, -0.1) is 0 Å². The summed E-state index contributed by atoms with van der Waals surface area (Å²) in [5, 5.41) is 2.85. The number of fused-ring (bicyclic) bond motifs is 1. The average Bonchev–Trinajstić information content (AvgIpc) is 2.49. The molecule has 3 rings (SSSR count). The van der Waals surface area contributed by atoms with Crippen molar-refractivity contribution in [3.63, 3.8) is 0 Å². The second-order valence-corrected chi connectivity index (χ2v) is 7.19. The van der Waals surface area contributed by atoms with Crippen LogP contribution in [-0.4, -0.2) is 41.2 Å². The van der Waals surface area contributed by atoms with Crippen LogP contribution in [0.15, 0.2) is 10.8 Å². The first-order valence-corrected chi connectivity index (χ1v) is 8.47. The highest BCUT2D eigenvalue weighted by Gasteiger charge is 2.41. The Labute approximate surface area is 138 Å². The minimum Gasteiger partial charge on any atom is -0.381 e. The van der Waals surface area contributed by atoms with E-state index in [-0.39, 0.29) is 5.91 Å². The maximum absolute atomic E-state index is 12.4. The highest BCUT2D eigenvalue weighted by atomic mass is 79.9. The van der Waals surface area contributed by atoms with E-state index >= 15 is 0 Å². The Morgan fingerprint density at radius 1 is 1.45 bits per heavy atom. The quantitative estimate of drug-likeness (QED) is 0.887. The van der Waals surface area contributed by atoms with Crippen LogP contribution in [0.1, 0.15) is 33.1 Å². The number of rotatable bonds is 3. The zero-order valence-corrected chi connectivity index (χ0v) is 14.5. The molecule has 2 aliphatic rings. The SMILES string of the molecule is CC1(C)C(=O)Nc2ncc(Br)nc2N1CCC1CCOCC1. The Balaban J connectivity index is 1.83. The van der Waals surface area contributed by atoms with Crippen molar-refractivity contribution in [2.45, 2.75) is 38.6 Å². The van der Waals surface area contributed by atoms with Gasteiger partial charge in [-0.2, -0.15) is 0 Å². The maximum atomic E-state index is 12.4. The monoisotopic (exact) mass is 368 g/mol. The van der Waals surface area contributed by atoms with E-state index in [4.69, 9.17) is 4.74 Å². The number of hydrogen-bond acceptors (Lipinski definition) is 5. The fourth-order valence-electron chi connectivity index (χ4n) is 3.01. The van der Waals surface area contributed by atoms with Crippen LogP contribution in [0, 0.1) is 5.92 Å². The smallest absolute Gasteiger partial charge is 0.250 e. The van der Waals surface area contributed by atoms with E-state index in [1.165, 1.54) is 0 Å². The summed E-state index contributed by atoms with van der Waals surface area (Å²) in [7, 11) is 0. The van der Waals surface area contributed by atoms with Crippen LogP contribution in [0.3, 0.4) is 0 Å². The highest BCUT2D eigenvalue weighted by molar-refractivity contribution is 9.10. The van der Waals surface area contributed by atoms with Gasteiger partial charge < -0.3 is 15.0 Å². The summed E-state index contributed by atoms with van der Waals surface area (Å²) in [6.45, 7) is 6.34. The van der Waals surface area contributed by atoms with Crippen LogP contribution in [0.5, 0.6) is 0 Å². The summed E-state index contributed by atoms with van der Waals surface area (Å²) >= 11 is 3.37. The van der Waals surface area contributed by atoms with Gasteiger partial charge in [-0.05, 0) is 55.0 Å². The van der Waals surface area contributed by atoms with E-state index in [9.17, 15) is 4.79 Å². The van der Waals surface area contributed by atoms with E-state index < -0.39 is 5.54 Å². The van der Waals surface area contributed by atoms with Gasteiger partial charge in [-0.25, -0.2) is 9.97 Å². The molecule has 1 N–H and O–H groups in total. The van der Waals surface area contributed by atoms with Crippen LogP contribution < -0.4 is 10.2 Å². The minimum absolute atomic E-state index is 0.0383. The van der Waals surface area contributed by atoms with E-state index in [0.717, 1.165) is 44.8 Å². The molecule has 6 nitrogen and oxygen atoms in total. The molecule has 0 saturated carbocycles. The van der Waals surface area contributed by atoms with Gasteiger partial charge in [0.05, 0.1) is 6.20 Å². The zero-order valence-electron chi connectivity index (χ0n) is 12.9. The number of hydrogen-bond donors (Lipinski definition) is 1. The van der Waals surface area contributed by atoms with E-state index in [1.54, 1.807) is 6.20 Å². The molecule has 0 aliphatic carbocycles. The van der Waals surface area contributed by atoms with Gasteiger partial charge >= 0.3 is 0 Å². The number of nitrogens with one attached hydrogen (secondary N) is 1. The maximum Gasteiger partial charge on any atom is 0.250 e. The standard InChI is InChI=1S/C15H21BrN4O2/c1-15(2)14(21)19-12-13(18-11(16)9-17-12)20(15)6-3-10-4-7-22-8-5-10/h9-10H,3-8H2,1-2H3,(H,17,19,21). The van der Waals surface area contributed by atoms with Crippen LogP contribution >= 0.6 is 15.9 Å². The molecule has 0 atom stereocenters. The van der Waals surface area contributed by atoms with Crippen LogP contribution in [-0.2, 0) is 9.53 Å². The largest absolute Gasteiger partial charge is 0.381 e. The van der Waals surface area contributed by atoms with Crippen molar-refractivity contribution in [2.24, 2.45) is 5.92 Å². The molecule has 0 bridgehead atoms. The lowest BCUT2D eigenvalue weighted by atomic mass is 9.93. The van der Waals surface area contributed by atoms with Crippen molar-refractivity contribution >= 4 is 33.5 Å². The van der Waals surface area contributed by atoms with Crippen molar-refractivity contribution in [3.05, 3.63) is 10.8 Å². The molecule has 22 heavy (non-hydrogen) atoms. The van der Waals surface area contributed by atoms with E-state index in [2.05, 4.69) is 36.1 Å². The molecule has 0 aromatic carbocycles. The number of carbonyl (C=O) groups is 1. The van der Waals surface area contributed by atoms with E-state index in [0.29, 0.717) is 16.3 Å². The summed E-state index contributed by atoms with van der Waals surface area (Å²) in [5.74, 6) is 1.90. The Hall–Kier alpha value is -1.21. The van der Waals surface area contributed by atoms with Gasteiger partial charge in [0.25, 0.3) is 5.91 Å². The number of nitrogens with zero attached hydrogens (tertiary/aromatic N) is 3. The summed E-state index contributed by atoms with van der Waals surface area (Å²) in [6, 6.07) is 0. The Bertz CT molecular complexity index is 573. The molecule has 0 radical (unpaired) electrons. The number of carbonyl (C=O) groups excluding carboxylic acids is 1. The third-order valence-electron chi connectivity index (χ3n) is 4.54. The Morgan fingerprint density at radius 3 is 2.91 bits per heavy atom. The normalized spacial score (nSPS) is 21.4. The van der Waals surface area contributed by atoms with Crippen LogP contribution in [0.2, 0.25) is 0 Å². The fraction of sp³-hybridized carbons (Fsp3) is 0.667. The predicted octanol–water partition coefficient (Wildman–Crippen LogP) is 2.59. The molecule has 1 amide bonds. The molecule has 3 heterocycles. The van der Waals surface area contributed by atoms with Crippen molar-refractivity contribution in [1.82, 2.24) is 9.97 Å². The molecule has 0 spiro atoms. The van der Waals surface area contributed by atoms with Crippen molar-refractivity contribution in [1.29, 1.82) is 0 Å². The van der Waals surface area contributed by atoms with Gasteiger partial charge in [-0.3, -0.25) is 4.79 Å². The zero-order chi connectivity index (χ0) is 15.7. The summed E-state index contributed by atoms with van der Waals surface area (Å²) in [4.78, 5) is 23.3. The minimum atomic E-state index is -0.631.